The predicted molar refractivity (Wildman–Crippen MR) is 79.6 cm³/mol. The van der Waals surface area contributed by atoms with Gasteiger partial charge >= 0.3 is 6.18 Å². The SMILES string of the molecule is NC(=O)CCCn1ccc(-c2ccc(C(F)(F)F)cc2)cc1=O. The van der Waals surface area contributed by atoms with Gasteiger partial charge in [0, 0.05) is 25.2 Å². The molecule has 1 aromatic carbocycles. The largest absolute Gasteiger partial charge is 0.416 e. The number of nitrogens with zero attached hydrogens (tertiary/aromatic N) is 1. The Balaban J connectivity index is 2.17. The number of hydrogen-bond acceptors (Lipinski definition) is 2. The minimum Gasteiger partial charge on any atom is -0.370 e. The molecule has 0 aliphatic carbocycles. The van der Waals surface area contributed by atoms with Crippen LogP contribution < -0.4 is 11.3 Å². The van der Waals surface area contributed by atoms with Gasteiger partial charge in [0.15, 0.2) is 0 Å². The molecule has 122 valence electrons. The molecule has 0 aliphatic rings. The van der Waals surface area contributed by atoms with Gasteiger partial charge in [0.1, 0.15) is 0 Å². The summed E-state index contributed by atoms with van der Waals surface area (Å²) in [7, 11) is 0. The van der Waals surface area contributed by atoms with Crippen LogP contribution in [0.2, 0.25) is 0 Å². The number of rotatable bonds is 5. The third kappa shape index (κ3) is 4.45. The quantitative estimate of drug-likeness (QED) is 0.919. The van der Waals surface area contributed by atoms with Gasteiger partial charge in [0.2, 0.25) is 5.91 Å². The number of carbonyl (C=O) groups excluding carboxylic acids is 1. The highest BCUT2D eigenvalue weighted by Crippen LogP contribution is 2.30. The van der Waals surface area contributed by atoms with E-state index in [0.29, 0.717) is 24.1 Å². The molecule has 2 rings (SSSR count). The summed E-state index contributed by atoms with van der Waals surface area (Å²) >= 11 is 0. The van der Waals surface area contributed by atoms with E-state index in [1.807, 2.05) is 0 Å². The second-order valence-electron chi connectivity index (χ2n) is 5.09. The van der Waals surface area contributed by atoms with Crippen molar-refractivity contribution in [2.24, 2.45) is 5.73 Å². The van der Waals surface area contributed by atoms with Gasteiger partial charge in [-0.2, -0.15) is 13.2 Å². The van der Waals surface area contributed by atoms with Crippen LogP contribution in [0, 0.1) is 0 Å². The van der Waals surface area contributed by atoms with E-state index < -0.39 is 17.6 Å². The summed E-state index contributed by atoms with van der Waals surface area (Å²) < 4.78 is 39.0. The molecule has 1 heterocycles. The van der Waals surface area contributed by atoms with Crippen LogP contribution >= 0.6 is 0 Å². The van der Waals surface area contributed by atoms with Crippen LogP contribution in [0.5, 0.6) is 0 Å². The Hall–Kier alpha value is -2.57. The second-order valence-corrected chi connectivity index (χ2v) is 5.09. The first-order valence-corrected chi connectivity index (χ1v) is 6.94. The summed E-state index contributed by atoms with van der Waals surface area (Å²) in [4.78, 5) is 22.6. The van der Waals surface area contributed by atoms with E-state index in [2.05, 4.69) is 0 Å². The average molecular weight is 324 g/mol. The fraction of sp³-hybridized carbons (Fsp3) is 0.250. The van der Waals surface area contributed by atoms with Crippen molar-refractivity contribution in [2.75, 3.05) is 0 Å². The van der Waals surface area contributed by atoms with Crippen molar-refractivity contribution in [2.45, 2.75) is 25.6 Å². The van der Waals surface area contributed by atoms with Crippen LogP contribution in [0.15, 0.2) is 47.4 Å². The second kappa shape index (κ2) is 6.68. The van der Waals surface area contributed by atoms with Crippen molar-refractivity contribution in [3.05, 3.63) is 58.5 Å². The number of aryl methyl sites for hydroxylation is 1. The number of benzene rings is 1. The summed E-state index contributed by atoms with van der Waals surface area (Å²) in [6.45, 7) is 0.356. The maximum absolute atomic E-state index is 12.5. The molecule has 1 aromatic heterocycles. The fourth-order valence-corrected chi connectivity index (χ4v) is 2.15. The molecule has 2 N–H and O–H groups in total. The summed E-state index contributed by atoms with van der Waals surface area (Å²) in [5.74, 6) is -0.431. The van der Waals surface area contributed by atoms with Crippen molar-refractivity contribution >= 4 is 5.91 Å². The van der Waals surface area contributed by atoms with Crippen LogP contribution in [0.25, 0.3) is 11.1 Å². The third-order valence-corrected chi connectivity index (χ3v) is 3.36. The van der Waals surface area contributed by atoms with E-state index in [4.69, 9.17) is 5.73 Å². The molecule has 4 nitrogen and oxygen atoms in total. The zero-order valence-corrected chi connectivity index (χ0v) is 12.1. The maximum atomic E-state index is 12.5. The maximum Gasteiger partial charge on any atom is 0.416 e. The molecular weight excluding hydrogens is 309 g/mol. The van der Waals surface area contributed by atoms with Gasteiger partial charge in [-0.1, -0.05) is 12.1 Å². The average Bonchev–Trinajstić information content (AvgIpc) is 2.48. The predicted octanol–water partition coefficient (Wildman–Crippen LogP) is 2.80. The van der Waals surface area contributed by atoms with Crippen molar-refractivity contribution in [1.82, 2.24) is 4.57 Å². The lowest BCUT2D eigenvalue weighted by atomic mass is 10.0. The highest BCUT2D eigenvalue weighted by atomic mass is 19.4. The molecule has 0 radical (unpaired) electrons. The molecular formula is C16H15F3N2O2. The molecule has 0 aliphatic heterocycles. The van der Waals surface area contributed by atoms with Gasteiger partial charge in [0.25, 0.3) is 5.56 Å². The standard InChI is InChI=1S/C16H15F3N2O2/c17-16(18,19)13-5-3-11(4-6-13)12-7-9-21(15(23)10-12)8-1-2-14(20)22/h3-7,9-10H,1-2,8H2,(H2,20,22). The number of halogens is 3. The molecule has 0 bridgehead atoms. The number of alkyl halides is 3. The Labute approximate surface area is 130 Å². The van der Waals surface area contributed by atoms with Gasteiger partial charge in [-0.25, -0.2) is 0 Å². The van der Waals surface area contributed by atoms with Crippen molar-refractivity contribution in [1.29, 1.82) is 0 Å². The van der Waals surface area contributed by atoms with E-state index in [9.17, 15) is 22.8 Å². The van der Waals surface area contributed by atoms with Crippen molar-refractivity contribution < 1.29 is 18.0 Å². The summed E-state index contributed by atoms with van der Waals surface area (Å²) in [6.07, 6.45) is -2.19. The van der Waals surface area contributed by atoms with E-state index in [1.54, 1.807) is 12.3 Å². The molecule has 0 saturated carbocycles. The number of carbonyl (C=O) groups is 1. The molecule has 0 saturated heterocycles. The van der Waals surface area contributed by atoms with E-state index in [0.717, 1.165) is 12.1 Å². The van der Waals surface area contributed by atoms with Crippen LogP contribution in [-0.4, -0.2) is 10.5 Å². The Morgan fingerprint density at radius 2 is 1.74 bits per heavy atom. The molecule has 0 fully saturated rings. The summed E-state index contributed by atoms with van der Waals surface area (Å²) in [5.41, 5.74) is 5.07. The van der Waals surface area contributed by atoms with Crippen LogP contribution in [0.1, 0.15) is 18.4 Å². The van der Waals surface area contributed by atoms with Gasteiger partial charge in [-0.15, -0.1) is 0 Å². The minimum absolute atomic E-state index is 0.188. The van der Waals surface area contributed by atoms with E-state index in [-0.39, 0.29) is 12.0 Å². The smallest absolute Gasteiger partial charge is 0.370 e. The van der Waals surface area contributed by atoms with Gasteiger partial charge in [-0.05, 0) is 35.7 Å². The first-order chi connectivity index (χ1) is 10.8. The first-order valence-electron chi connectivity index (χ1n) is 6.94. The number of hydrogen-bond donors (Lipinski definition) is 1. The third-order valence-electron chi connectivity index (χ3n) is 3.36. The molecule has 0 unspecified atom stereocenters. The molecule has 7 heteroatoms. The lowest BCUT2D eigenvalue weighted by Gasteiger charge is -2.09. The Bertz CT molecular complexity index is 749. The van der Waals surface area contributed by atoms with E-state index in [1.165, 1.54) is 22.8 Å². The Kier molecular flexibility index (Phi) is 4.88. The van der Waals surface area contributed by atoms with Crippen LogP contribution in [0.3, 0.4) is 0 Å². The number of amides is 1. The first kappa shape index (κ1) is 16.8. The van der Waals surface area contributed by atoms with Gasteiger partial charge in [0.05, 0.1) is 5.56 Å². The monoisotopic (exact) mass is 324 g/mol. The fourth-order valence-electron chi connectivity index (χ4n) is 2.15. The topological polar surface area (TPSA) is 65.1 Å². The molecule has 0 atom stereocenters. The number of pyridine rings is 1. The molecule has 2 aromatic rings. The van der Waals surface area contributed by atoms with Gasteiger partial charge < -0.3 is 10.3 Å². The molecule has 23 heavy (non-hydrogen) atoms. The molecule has 1 amide bonds. The normalized spacial score (nSPS) is 11.4. The summed E-state index contributed by atoms with van der Waals surface area (Å²) in [5, 5.41) is 0. The van der Waals surface area contributed by atoms with Gasteiger partial charge in [-0.3, -0.25) is 9.59 Å². The molecule has 0 spiro atoms. The van der Waals surface area contributed by atoms with Crippen molar-refractivity contribution in [3.63, 3.8) is 0 Å². The number of primary amides is 1. The minimum atomic E-state index is -4.39. The van der Waals surface area contributed by atoms with Crippen molar-refractivity contribution in [3.8, 4) is 11.1 Å². The van der Waals surface area contributed by atoms with E-state index >= 15 is 0 Å². The van der Waals surface area contributed by atoms with Crippen LogP contribution in [-0.2, 0) is 17.5 Å². The number of aromatic nitrogens is 1. The zero-order valence-electron chi connectivity index (χ0n) is 12.1. The Morgan fingerprint density at radius 3 is 2.26 bits per heavy atom. The highest BCUT2D eigenvalue weighted by Gasteiger charge is 2.29. The lowest BCUT2D eigenvalue weighted by Crippen LogP contribution is -2.20. The van der Waals surface area contributed by atoms with Crippen LogP contribution in [0.4, 0.5) is 13.2 Å². The summed E-state index contributed by atoms with van der Waals surface area (Å²) in [6, 6.07) is 7.62. The zero-order chi connectivity index (χ0) is 17.0. The number of nitrogens with two attached hydrogens (primary N) is 1. The Morgan fingerprint density at radius 1 is 1.09 bits per heavy atom. The lowest BCUT2D eigenvalue weighted by molar-refractivity contribution is -0.137. The highest BCUT2D eigenvalue weighted by molar-refractivity contribution is 5.73.